The van der Waals surface area contributed by atoms with Crippen molar-refractivity contribution in [2.45, 2.75) is 19.1 Å². The minimum atomic E-state index is -4.51. The van der Waals surface area contributed by atoms with Crippen molar-refractivity contribution in [1.29, 1.82) is 0 Å². The van der Waals surface area contributed by atoms with E-state index in [2.05, 4.69) is 32.1 Å². The Labute approximate surface area is 246 Å². The first-order valence-electron chi connectivity index (χ1n) is 14.0. The van der Waals surface area contributed by atoms with Crippen LogP contribution < -0.4 is 5.32 Å². The lowest BCUT2D eigenvalue weighted by molar-refractivity contribution is -0.137. The van der Waals surface area contributed by atoms with Crippen molar-refractivity contribution < 1.29 is 18.0 Å². The number of carbonyl (C=O) groups excluding carboxylic acids is 1. The number of nitrogens with zero attached hydrogens (tertiary/aromatic N) is 5. The fraction of sp³-hybridized carbons (Fsp3) is 0.250. The average Bonchev–Trinajstić information content (AvgIpc) is 3.48. The van der Waals surface area contributed by atoms with Gasteiger partial charge < -0.3 is 15.2 Å². The summed E-state index contributed by atoms with van der Waals surface area (Å²) in [5, 5.41) is 2.62. The molecule has 0 unspecified atom stereocenters. The number of benzene rings is 2. The van der Waals surface area contributed by atoms with Crippen molar-refractivity contribution >= 4 is 22.6 Å². The van der Waals surface area contributed by atoms with E-state index in [1.165, 1.54) is 12.1 Å². The van der Waals surface area contributed by atoms with Gasteiger partial charge in [-0.1, -0.05) is 12.1 Å². The number of pyridine rings is 1. The first-order chi connectivity index (χ1) is 20.7. The Kier molecular flexibility index (Phi) is 7.92. The highest BCUT2D eigenvalue weighted by atomic mass is 19.4. The third kappa shape index (κ3) is 6.58. The fourth-order valence-electron chi connectivity index (χ4n) is 5.26. The Morgan fingerprint density at radius 3 is 2.58 bits per heavy atom. The zero-order chi connectivity index (χ0) is 30.0. The van der Waals surface area contributed by atoms with Crippen molar-refractivity contribution in [1.82, 2.24) is 29.7 Å². The van der Waals surface area contributed by atoms with E-state index < -0.39 is 17.6 Å². The van der Waals surface area contributed by atoms with Crippen LogP contribution in [-0.4, -0.2) is 68.9 Å². The maximum absolute atomic E-state index is 13.2. The summed E-state index contributed by atoms with van der Waals surface area (Å²) in [6, 6.07) is 15.7. The highest BCUT2D eigenvalue weighted by molar-refractivity contribution is 6.04. The maximum atomic E-state index is 13.2. The first-order valence-corrected chi connectivity index (χ1v) is 14.0. The van der Waals surface area contributed by atoms with Gasteiger partial charge in [-0.05, 0) is 66.7 Å². The molecule has 4 heterocycles. The Morgan fingerprint density at radius 1 is 0.977 bits per heavy atom. The topological polar surface area (TPSA) is 90.0 Å². The molecule has 0 bridgehead atoms. The summed E-state index contributed by atoms with van der Waals surface area (Å²) < 4.78 is 39.7. The number of fused-ring (bicyclic) bond motifs is 1. The first kappa shape index (κ1) is 28.5. The van der Waals surface area contributed by atoms with E-state index in [-0.39, 0.29) is 5.69 Å². The SMILES string of the molecule is CN1CCN(Cc2ccc(C(=O)Nc3cccc(C(F)(F)F)c3)cc2Cc2nc(-c3cccnc3)c3[nH]ccc3n2)CC1. The number of hydrogen-bond acceptors (Lipinski definition) is 6. The van der Waals surface area contributed by atoms with Gasteiger partial charge in [0.05, 0.1) is 22.3 Å². The van der Waals surface area contributed by atoms with Gasteiger partial charge in [0.1, 0.15) is 5.82 Å². The molecule has 43 heavy (non-hydrogen) atoms. The lowest BCUT2D eigenvalue weighted by Crippen LogP contribution is -2.44. The second kappa shape index (κ2) is 11.9. The molecule has 1 fully saturated rings. The number of nitrogens with one attached hydrogen (secondary N) is 2. The van der Waals surface area contributed by atoms with Gasteiger partial charge in [-0.3, -0.25) is 14.7 Å². The third-order valence-corrected chi connectivity index (χ3v) is 7.64. The number of amides is 1. The minimum absolute atomic E-state index is 0.0743. The normalized spacial score (nSPS) is 14.7. The Bertz CT molecular complexity index is 1750. The van der Waals surface area contributed by atoms with Gasteiger partial charge in [0, 0.05) is 74.5 Å². The fourth-order valence-corrected chi connectivity index (χ4v) is 5.26. The molecule has 0 aliphatic carbocycles. The van der Waals surface area contributed by atoms with Crippen LogP contribution in [0.1, 0.15) is 32.9 Å². The largest absolute Gasteiger partial charge is 0.416 e. The molecule has 0 radical (unpaired) electrons. The van der Waals surface area contributed by atoms with E-state index in [0.717, 1.165) is 71.7 Å². The van der Waals surface area contributed by atoms with E-state index in [1.54, 1.807) is 24.5 Å². The number of anilines is 1. The Morgan fingerprint density at radius 2 is 1.81 bits per heavy atom. The smallest absolute Gasteiger partial charge is 0.358 e. The summed E-state index contributed by atoms with van der Waals surface area (Å²) in [4.78, 5) is 35.1. The van der Waals surface area contributed by atoms with Gasteiger partial charge in [0.2, 0.25) is 0 Å². The number of likely N-dealkylation sites (N-methyl/N-ethyl adjacent to an activating group) is 1. The lowest BCUT2D eigenvalue weighted by Gasteiger charge is -2.32. The van der Waals surface area contributed by atoms with Crippen LogP contribution in [0.5, 0.6) is 0 Å². The third-order valence-electron chi connectivity index (χ3n) is 7.64. The van der Waals surface area contributed by atoms with Crippen LogP contribution in [-0.2, 0) is 19.1 Å². The lowest BCUT2D eigenvalue weighted by atomic mass is 9.99. The number of carbonyl (C=O) groups is 1. The zero-order valence-corrected chi connectivity index (χ0v) is 23.5. The molecule has 1 aliphatic rings. The van der Waals surface area contributed by atoms with E-state index in [9.17, 15) is 18.0 Å². The molecule has 6 rings (SSSR count). The van der Waals surface area contributed by atoms with Crippen LogP contribution in [0.15, 0.2) is 79.3 Å². The molecule has 3 aromatic heterocycles. The molecule has 8 nitrogen and oxygen atoms in total. The standard InChI is InChI=1S/C32H30F3N7O/c1-41-12-14-42(15-13-41)20-23-8-7-21(31(43)38-26-6-2-5-25(18-26)32(33,34)35)16-24(23)17-28-39-27-9-11-37-30(27)29(40-28)22-4-3-10-36-19-22/h2-11,16,18-19,37H,12-15,17,20H2,1H3,(H,38,43). The van der Waals surface area contributed by atoms with Crippen LogP contribution >= 0.6 is 0 Å². The number of piperazine rings is 1. The molecule has 0 spiro atoms. The number of halogens is 3. The van der Waals surface area contributed by atoms with E-state index in [4.69, 9.17) is 9.97 Å². The molecule has 0 atom stereocenters. The van der Waals surface area contributed by atoms with Gasteiger partial charge >= 0.3 is 6.18 Å². The molecule has 2 N–H and O–H groups in total. The zero-order valence-electron chi connectivity index (χ0n) is 23.5. The van der Waals surface area contributed by atoms with Crippen molar-refractivity contribution in [2.24, 2.45) is 0 Å². The van der Waals surface area contributed by atoms with Crippen LogP contribution in [0.4, 0.5) is 18.9 Å². The second-order valence-electron chi connectivity index (χ2n) is 10.7. The summed E-state index contributed by atoms with van der Waals surface area (Å²) >= 11 is 0. The van der Waals surface area contributed by atoms with Crippen molar-refractivity contribution in [3.8, 4) is 11.3 Å². The molecule has 2 aromatic carbocycles. The summed E-state index contributed by atoms with van der Waals surface area (Å²) in [5.74, 6) is 0.0887. The van der Waals surface area contributed by atoms with Crippen LogP contribution in [0.25, 0.3) is 22.3 Å². The Hall–Kier alpha value is -4.61. The number of rotatable bonds is 7. The van der Waals surface area contributed by atoms with Gasteiger partial charge in [-0.2, -0.15) is 13.2 Å². The van der Waals surface area contributed by atoms with Gasteiger partial charge in [-0.15, -0.1) is 0 Å². The van der Waals surface area contributed by atoms with Gasteiger partial charge in [0.15, 0.2) is 0 Å². The Balaban J connectivity index is 1.33. The monoisotopic (exact) mass is 585 g/mol. The highest BCUT2D eigenvalue weighted by Gasteiger charge is 2.30. The van der Waals surface area contributed by atoms with E-state index >= 15 is 0 Å². The molecule has 220 valence electrons. The van der Waals surface area contributed by atoms with Crippen molar-refractivity contribution in [3.05, 3.63) is 107 Å². The summed E-state index contributed by atoms with van der Waals surface area (Å²) in [5.41, 5.74) is 4.67. The molecule has 1 amide bonds. The van der Waals surface area contributed by atoms with Gasteiger partial charge in [0.25, 0.3) is 5.91 Å². The van der Waals surface area contributed by atoms with Crippen molar-refractivity contribution in [3.63, 3.8) is 0 Å². The average molecular weight is 586 g/mol. The van der Waals surface area contributed by atoms with Crippen molar-refractivity contribution in [2.75, 3.05) is 38.5 Å². The van der Waals surface area contributed by atoms with E-state index in [1.807, 2.05) is 30.5 Å². The number of hydrogen-bond donors (Lipinski definition) is 2. The van der Waals surface area contributed by atoms with Crippen LogP contribution in [0.2, 0.25) is 0 Å². The maximum Gasteiger partial charge on any atom is 0.416 e. The molecule has 5 aromatic rings. The summed E-state index contributed by atoms with van der Waals surface area (Å²) in [7, 11) is 2.11. The quantitative estimate of drug-likeness (QED) is 0.257. The minimum Gasteiger partial charge on any atom is -0.358 e. The predicted molar refractivity (Wildman–Crippen MR) is 159 cm³/mol. The number of H-pyrrole nitrogens is 1. The molecule has 11 heteroatoms. The van der Waals surface area contributed by atoms with Gasteiger partial charge in [-0.25, -0.2) is 9.97 Å². The summed E-state index contributed by atoms with van der Waals surface area (Å²) in [6.45, 7) is 4.47. The predicted octanol–water partition coefficient (Wildman–Crippen LogP) is 5.63. The molecular formula is C32H30F3N7O. The number of alkyl halides is 3. The number of aromatic nitrogens is 4. The highest BCUT2D eigenvalue weighted by Crippen LogP contribution is 2.31. The van der Waals surface area contributed by atoms with E-state index in [0.29, 0.717) is 24.4 Å². The molecule has 1 aliphatic heterocycles. The number of aromatic amines is 1. The second-order valence-corrected chi connectivity index (χ2v) is 10.7. The molecular weight excluding hydrogens is 555 g/mol. The van der Waals surface area contributed by atoms with Crippen LogP contribution in [0.3, 0.4) is 0 Å². The van der Waals surface area contributed by atoms with Crippen LogP contribution in [0, 0.1) is 0 Å². The molecule has 0 saturated carbocycles. The molecule has 1 saturated heterocycles. The summed E-state index contributed by atoms with van der Waals surface area (Å²) in [6.07, 6.45) is 1.14.